The lowest BCUT2D eigenvalue weighted by atomic mass is 10.1. The van der Waals surface area contributed by atoms with Crippen LogP contribution in [0.4, 0.5) is 0 Å². The number of nitrogens with zero attached hydrogens (tertiary/aromatic N) is 2. The molecule has 0 N–H and O–H groups in total. The van der Waals surface area contributed by atoms with Crippen LogP contribution in [-0.2, 0) is 0 Å². The molecular weight excluding hydrogens is 280 g/mol. The van der Waals surface area contributed by atoms with E-state index in [4.69, 9.17) is 4.74 Å². The van der Waals surface area contributed by atoms with Gasteiger partial charge < -0.3 is 4.74 Å². The van der Waals surface area contributed by atoms with Gasteiger partial charge in [-0.05, 0) is 53.4 Å². The molecule has 0 bridgehead atoms. The third-order valence-electron chi connectivity index (χ3n) is 2.71. The SMILES string of the molecule is Cc1ccc(C)c(Oc2ncncc2Br)c1C. The van der Waals surface area contributed by atoms with Gasteiger partial charge in [-0.1, -0.05) is 12.1 Å². The lowest BCUT2D eigenvalue weighted by Crippen LogP contribution is -1.96. The summed E-state index contributed by atoms with van der Waals surface area (Å²) >= 11 is 3.37. The molecule has 3 nitrogen and oxygen atoms in total. The van der Waals surface area contributed by atoms with E-state index in [9.17, 15) is 0 Å². The Hall–Kier alpha value is -1.42. The van der Waals surface area contributed by atoms with E-state index in [1.54, 1.807) is 6.20 Å². The van der Waals surface area contributed by atoms with Crippen molar-refractivity contribution < 1.29 is 4.74 Å². The Labute approximate surface area is 109 Å². The van der Waals surface area contributed by atoms with Crippen molar-refractivity contribution in [1.29, 1.82) is 0 Å². The van der Waals surface area contributed by atoms with E-state index in [1.165, 1.54) is 11.9 Å². The summed E-state index contributed by atoms with van der Waals surface area (Å²) in [5.74, 6) is 1.40. The number of aryl methyl sites for hydroxylation is 2. The van der Waals surface area contributed by atoms with Crippen molar-refractivity contribution in [3.8, 4) is 11.6 Å². The quantitative estimate of drug-likeness (QED) is 0.840. The van der Waals surface area contributed by atoms with Gasteiger partial charge in [0.25, 0.3) is 0 Å². The van der Waals surface area contributed by atoms with Crippen LogP contribution >= 0.6 is 15.9 Å². The fraction of sp³-hybridized carbons (Fsp3) is 0.231. The number of aromatic nitrogens is 2. The van der Waals surface area contributed by atoms with Crippen LogP contribution in [0.3, 0.4) is 0 Å². The van der Waals surface area contributed by atoms with Crippen LogP contribution in [-0.4, -0.2) is 9.97 Å². The number of benzene rings is 1. The highest BCUT2D eigenvalue weighted by Gasteiger charge is 2.10. The molecular formula is C13H13BrN2O. The zero-order valence-electron chi connectivity index (χ0n) is 9.99. The zero-order valence-corrected chi connectivity index (χ0v) is 11.6. The van der Waals surface area contributed by atoms with Gasteiger partial charge in [-0.2, -0.15) is 0 Å². The molecule has 2 rings (SSSR count). The van der Waals surface area contributed by atoms with Crippen molar-refractivity contribution >= 4 is 15.9 Å². The first-order chi connectivity index (χ1) is 8.09. The van der Waals surface area contributed by atoms with E-state index in [0.29, 0.717) is 5.88 Å². The number of hydrogen-bond acceptors (Lipinski definition) is 3. The van der Waals surface area contributed by atoms with Gasteiger partial charge in [0, 0.05) is 6.20 Å². The zero-order chi connectivity index (χ0) is 12.4. The molecule has 0 spiro atoms. The highest BCUT2D eigenvalue weighted by atomic mass is 79.9. The first-order valence-corrected chi connectivity index (χ1v) is 6.09. The van der Waals surface area contributed by atoms with Gasteiger partial charge in [0.15, 0.2) is 0 Å². The van der Waals surface area contributed by atoms with Crippen LogP contribution in [0.25, 0.3) is 0 Å². The second-order valence-corrected chi connectivity index (χ2v) is 4.79. The van der Waals surface area contributed by atoms with Gasteiger partial charge in [-0.25, -0.2) is 9.97 Å². The Bertz CT molecular complexity index is 555. The molecule has 1 heterocycles. The minimum Gasteiger partial charge on any atom is -0.437 e. The normalized spacial score (nSPS) is 10.4. The van der Waals surface area contributed by atoms with Crippen molar-refractivity contribution in [3.63, 3.8) is 0 Å². The molecule has 0 aliphatic heterocycles. The second kappa shape index (κ2) is 4.84. The van der Waals surface area contributed by atoms with Crippen LogP contribution in [0.5, 0.6) is 11.6 Å². The maximum absolute atomic E-state index is 5.85. The Morgan fingerprint density at radius 2 is 1.82 bits per heavy atom. The highest BCUT2D eigenvalue weighted by Crippen LogP contribution is 2.32. The predicted octanol–water partition coefficient (Wildman–Crippen LogP) is 3.96. The van der Waals surface area contributed by atoms with Crippen LogP contribution < -0.4 is 4.74 Å². The molecule has 1 aromatic carbocycles. The van der Waals surface area contributed by atoms with Crippen LogP contribution in [0.2, 0.25) is 0 Å². The molecule has 88 valence electrons. The minimum absolute atomic E-state index is 0.539. The lowest BCUT2D eigenvalue weighted by Gasteiger charge is -2.13. The third-order valence-corrected chi connectivity index (χ3v) is 3.25. The number of hydrogen-bond donors (Lipinski definition) is 0. The van der Waals surface area contributed by atoms with E-state index >= 15 is 0 Å². The first-order valence-electron chi connectivity index (χ1n) is 5.29. The minimum atomic E-state index is 0.539. The monoisotopic (exact) mass is 292 g/mol. The van der Waals surface area contributed by atoms with Gasteiger partial charge in [-0.3, -0.25) is 0 Å². The topological polar surface area (TPSA) is 35.0 Å². The van der Waals surface area contributed by atoms with E-state index in [-0.39, 0.29) is 0 Å². The smallest absolute Gasteiger partial charge is 0.236 e. The molecule has 2 aromatic rings. The second-order valence-electron chi connectivity index (χ2n) is 3.93. The third kappa shape index (κ3) is 2.47. The Morgan fingerprint density at radius 1 is 1.12 bits per heavy atom. The molecule has 0 atom stereocenters. The number of halogens is 1. The molecule has 0 radical (unpaired) electrons. The summed E-state index contributed by atoms with van der Waals surface area (Å²) in [5.41, 5.74) is 3.44. The molecule has 0 saturated heterocycles. The molecule has 0 saturated carbocycles. The molecule has 4 heteroatoms. The molecule has 0 unspecified atom stereocenters. The maximum Gasteiger partial charge on any atom is 0.236 e. The number of rotatable bonds is 2. The molecule has 0 aliphatic rings. The van der Waals surface area contributed by atoms with Crippen molar-refractivity contribution in [1.82, 2.24) is 9.97 Å². The molecule has 0 fully saturated rings. The van der Waals surface area contributed by atoms with Crippen molar-refractivity contribution in [2.24, 2.45) is 0 Å². The van der Waals surface area contributed by atoms with Gasteiger partial charge >= 0.3 is 0 Å². The van der Waals surface area contributed by atoms with Crippen molar-refractivity contribution in [3.05, 3.63) is 45.8 Å². The van der Waals surface area contributed by atoms with E-state index < -0.39 is 0 Å². The lowest BCUT2D eigenvalue weighted by molar-refractivity contribution is 0.451. The molecule has 1 aromatic heterocycles. The van der Waals surface area contributed by atoms with Gasteiger partial charge in [0.05, 0.1) is 4.47 Å². The van der Waals surface area contributed by atoms with Crippen molar-refractivity contribution in [2.45, 2.75) is 20.8 Å². The molecule has 0 amide bonds. The summed E-state index contributed by atoms with van der Waals surface area (Å²) in [6.45, 7) is 6.14. The predicted molar refractivity (Wildman–Crippen MR) is 70.5 cm³/mol. The van der Waals surface area contributed by atoms with Crippen molar-refractivity contribution in [2.75, 3.05) is 0 Å². The van der Waals surface area contributed by atoms with Crippen LogP contribution in [0.15, 0.2) is 29.1 Å². The fourth-order valence-electron chi connectivity index (χ4n) is 1.56. The summed E-state index contributed by atoms with van der Waals surface area (Å²) in [6, 6.07) is 4.14. The Balaban J connectivity index is 2.43. The average Bonchev–Trinajstić information content (AvgIpc) is 2.32. The van der Waals surface area contributed by atoms with Gasteiger partial charge in [-0.15, -0.1) is 0 Å². The highest BCUT2D eigenvalue weighted by molar-refractivity contribution is 9.10. The maximum atomic E-state index is 5.85. The average molecular weight is 293 g/mol. The summed E-state index contributed by atoms with van der Waals surface area (Å²) in [4.78, 5) is 8.02. The largest absolute Gasteiger partial charge is 0.437 e. The summed E-state index contributed by atoms with van der Waals surface area (Å²) in [7, 11) is 0. The molecule has 0 aliphatic carbocycles. The summed E-state index contributed by atoms with van der Waals surface area (Å²) < 4.78 is 6.60. The van der Waals surface area contributed by atoms with Gasteiger partial charge in [0.1, 0.15) is 12.1 Å². The van der Waals surface area contributed by atoms with Gasteiger partial charge in [0.2, 0.25) is 5.88 Å². The number of ether oxygens (including phenoxy) is 1. The fourth-order valence-corrected chi connectivity index (χ4v) is 1.86. The van der Waals surface area contributed by atoms with E-state index in [2.05, 4.69) is 38.9 Å². The summed E-state index contributed by atoms with van der Waals surface area (Å²) in [5, 5.41) is 0. The summed E-state index contributed by atoms with van der Waals surface area (Å²) in [6.07, 6.45) is 3.14. The standard InChI is InChI=1S/C13H13BrN2O/c1-8-4-5-9(2)12(10(8)3)17-13-11(14)6-15-7-16-13/h4-7H,1-3H3. The van der Waals surface area contributed by atoms with Crippen LogP contribution in [0.1, 0.15) is 16.7 Å². The first kappa shape index (κ1) is 12.0. The van der Waals surface area contributed by atoms with E-state index in [1.807, 2.05) is 19.9 Å². The molecule has 17 heavy (non-hydrogen) atoms. The Kier molecular flexibility index (Phi) is 3.43. The van der Waals surface area contributed by atoms with Crippen LogP contribution in [0, 0.1) is 20.8 Å². The van der Waals surface area contributed by atoms with E-state index in [0.717, 1.165) is 21.3 Å². The Morgan fingerprint density at radius 3 is 2.53 bits per heavy atom.